The number of carbonyl (C=O) groups is 3. The Hall–Kier alpha value is -3.72. The lowest BCUT2D eigenvalue weighted by Gasteiger charge is -2.38. The number of benzene rings is 2. The highest BCUT2D eigenvalue weighted by Crippen LogP contribution is 2.55. The Labute approximate surface area is 239 Å². The second kappa shape index (κ2) is 10.6. The van der Waals surface area contributed by atoms with Crippen LogP contribution >= 0.6 is 0 Å². The van der Waals surface area contributed by atoms with Crippen LogP contribution < -0.4 is 15.4 Å². The van der Waals surface area contributed by atoms with E-state index in [2.05, 4.69) is 24.5 Å². The summed E-state index contributed by atoms with van der Waals surface area (Å²) in [6.45, 7) is 4.23. The number of nitrogens with one attached hydrogen (secondary N) is 2. The fraction of sp³-hybridized carbons (Fsp3) is 0.469. The third kappa shape index (κ3) is 4.60. The van der Waals surface area contributed by atoms with Gasteiger partial charge in [-0.15, -0.1) is 0 Å². The van der Waals surface area contributed by atoms with Crippen molar-refractivity contribution >= 4 is 23.4 Å². The summed E-state index contributed by atoms with van der Waals surface area (Å²) in [4.78, 5) is 43.4. The molecule has 6 rings (SSSR count). The molecule has 3 amide bonds. The van der Waals surface area contributed by atoms with Crippen LogP contribution in [0, 0.1) is 29.5 Å². The first-order valence-electron chi connectivity index (χ1n) is 14.4. The molecule has 1 aliphatic carbocycles. The van der Waals surface area contributed by atoms with Crippen molar-refractivity contribution in [3.8, 4) is 5.75 Å². The van der Waals surface area contributed by atoms with Crippen LogP contribution in [0.15, 0.2) is 60.7 Å². The predicted molar refractivity (Wildman–Crippen MR) is 150 cm³/mol. The highest BCUT2D eigenvalue weighted by molar-refractivity contribution is 6.02. The SMILES string of the molecule is COc1ccc(NC(=O)C2[C@@H]3C=CC4(O3)C(C(=O)NC3CCCC(C)C3C)N(Cc3ccccc3F)C(=O)[C@H]24)cc1. The van der Waals surface area contributed by atoms with E-state index >= 15 is 0 Å². The number of rotatable bonds is 7. The van der Waals surface area contributed by atoms with Crippen LogP contribution in [0.5, 0.6) is 5.75 Å². The van der Waals surface area contributed by atoms with Crippen LogP contribution in [0.1, 0.15) is 38.7 Å². The van der Waals surface area contributed by atoms with Gasteiger partial charge >= 0.3 is 0 Å². The van der Waals surface area contributed by atoms with Gasteiger partial charge in [0.15, 0.2) is 0 Å². The number of methoxy groups -OCH3 is 1. The Kier molecular flexibility index (Phi) is 7.09. The summed E-state index contributed by atoms with van der Waals surface area (Å²) < 4.78 is 26.4. The molecule has 2 saturated heterocycles. The Morgan fingerprint density at radius 3 is 2.59 bits per heavy atom. The number of anilines is 1. The molecule has 2 aromatic rings. The summed E-state index contributed by atoms with van der Waals surface area (Å²) in [5.74, 6) is -1.92. The summed E-state index contributed by atoms with van der Waals surface area (Å²) in [6.07, 6.45) is 5.88. The minimum atomic E-state index is -1.32. The second-order valence-electron chi connectivity index (χ2n) is 11.9. The van der Waals surface area contributed by atoms with E-state index < -0.39 is 35.4 Å². The fourth-order valence-corrected chi connectivity index (χ4v) is 7.20. The molecule has 1 spiro atoms. The third-order valence-electron chi connectivity index (χ3n) is 9.62. The number of halogens is 1. The quantitative estimate of drug-likeness (QED) is 0.497. The normalized spacial score (nSPS) is 33.5. The number of likely N-dealkylation sites (tertiary alicyclic amines) is 1. The summed E-state index contributed by atoms with van der Waals surface area (Å²) in [6, 6.07) is 12.1. The third-order valence-corrected chi connectivity index (χ3v) is 9.62. The van der Waals surface area contributed by atoms with Gasteiger partial charge in [-0.3, -0.25) is 14.4 Å². The maximum absolute atomic E-state index is 14.8. The van der Waals surface area contributed by atoms with Gasteiger partial charge in [0.1, 0.15) is 23.2 Å². The first-order chi connectivity index (χ1) is 19.7. The number of hydrogen-bond donors (Lipinski definition) is 2. The van der Waals surface area contributed by atoms with E-state index in [1.807, 2.05) is 0 Å². The minimum absolute atomic E-state index is 0.0381. The first-order valence-corrected chi connectivity index (χ1v) is 14.4. The highest BCUT2D eigenvalue weighted by Gasteiger charge is 2.72. The number of hydrogen-bond acceptors (Lipinski definition) is 5. The number of nitrogens with zero attached hydrogens (tertiary/aromatic N) is 1. The number of amides is 3. The van der Waals surface area contributed by atoms with Crippen molar-refractivity contribution in [1.82, 2.24) is 10.2 Å². The Morgan fingerprint density at radius 2 is 1.85 bits per heavy atom. The molecule has 0 aromatic heterocycles. The molecule has 2 bridgehead atoms. The minimum Gasteiger partial charge on any atom is -0.497 e. The molecule has 9 heteroatoms. The largest absolute Gasteiger partial charge is 0.497 e. The molecule has 8 nitrogen and oxygen atoms in total. The van der Waals surface area contributed by atoms with Crippen molar-refractivity contribution in [2.24, 2.45) is 23.7 Å². The predicted octanol–water partition coefficient (Wildman–Crippen LogP) is 4.06. The lowest BCUT2D eigenvalue weighted by Crippen LogP contribution is -2.57. The molecule has 3 fully saturated rings. The molecule has 1 saturated carbocycles. The van der Waals surface area contributed by atoms with Crippen LogP contribution in [-0.4, -0.2) is 53.5 Å². The van der Waals surface area contributed by atoms with Crippen molar-refractivity contribution in [1.29, 1.82) is 0 Å². The Morgan fingerprint density at radius 1 is 1.10 bits per heavy atom. The zero-order valence-corrected chi connectivity index (χ0v) is 23.5. The van der Waals surface area contributed by atoms with E-state index in [4.69, 9.17) is 9.47 Å². The molecule has 3 aliphatic heterocycles. The van der Waals surface area contributed by atoms with E-state index in [1.165, 1.54) is 11.0 Å². The van der Waals surface area contributed by atoms with E-state index in [-0.39, 0.29) is 36.2 Å². The average molecular weight is 562 g/mol. The fourth-order valence-electron chi connectivity index (χ4n) is 7.20. The van der Waals surface area contributed by atoms with E-state index in [1.54, 1.807) is 61.7 Å². The van der Waals surface area contributed by atoms with Gasteiger partial charge < -0.3 is 25.0 Å². The van der Waals surface area contributed by atoms with Gasteiger partial charge in [0.25, 0.3) is 0 Å². The zero-order valence-electron chi connectivity index (χ0n) is 23.5. The lowest BCUT2D eigenvalue weighted by molar-refractivity contribution is -0.142. The molecular weight excluding hydrogens is 525 g/mol. The van der Waals surface area contributed by atoms with Crippen molar-refractivity contribution in [2.45, 2.75) is 63.4 Å². The van der Waals surface area contributed by atoms with Crippen molar-refractivity contribution in [2.75, 3.05) is 12.4 Å². The smallest absolute Gasteiger partial charge is 0.246 e. The summed E-state index contributed by atoms with van der Waals surface area (Å²) in [7, 11) is 1.56. The standard InChI is InChI=1S/C32H36FN3O5/c1-18-7-6-10-24(19(18)2)35-30(38)28-32-16-15-25(41-32)26(29(37)34-21-11-13-22(40-3)14-12-21)27(32)31(39)36(28)17-20-8-4-5-9-23(20)33/h4-5,8-9,11-16,18-19,24-28H,6-7,10,17H2,1-3H3,(H,34,37)(H,35,38)/t18?,19?,24?,25-,26?,27-,28?,32?/m0/s1. The van der Waals surface area contributed by atoms with Crippen molar-refractivity contribution in [3.05, 3.63) is 72.1 Å². The lowest BCUT2D eigenvalue weighted by atomic mass is 9.73. The van der Waals surface area contributed by atoms with Crippen LogP contribution in [0.25, 0.3) is 0 Å². The van der Waals surface area contributed by atoms with Gasteiger partial charge in [0.2, 0.25) is 17.7 Å². The average Bonchev–Trinajstić information content (AvgIpc) is 3.60. The molecule has 3 heterocycles. The Balaban J connectivity index is 1.32. The molecule has 4 aliphatic rings. The molecule has 41 heavy (non-hydrogen) atoms. The number of carbonyl (C=O) groups excluding carboxylic acids is 3. The maximum atomic E-state index is 14.8. The van der Waals surface area contributed by atoms with Gasteiger partial charge in [0.05, 0.1) is 25.0 Å². The van der Waals surface area contributed by atoms with Gasteiger partial charge in [-0.1, -0.05) is 57.0 Å². The van der Waals surface area contributed by atoms with Crippen LogP contribution in [0.2, 0.25) is 0 Å². The van der Waals surface area contributed by atoms with Gasteiger partial charge in [-0.2, -0.15) is 0 Å². The molecule has 6 unspecified atom stereocenters. The number of fused-ring (bicyclic) bond motifs is 1. The first kappa shape index (κ1) is 27.4. The topological polar surface area (TPSA) is 97.0 Å². The van der Waals surface area contributed by atoms with Crippen molar-refractivity contribution < 1.29 is 28.2 Å². The van der Waals surface area contributed by atoms with Crippen molar-refractivity contribution in [3.63, 3.8) is 0 Å². The van der Waals surface area contributed by atoms with E-state index in [0.717, 1.165) is 19.3 Å². The molecule has 0 radical (unpaired) electrons. The van der Waals surface area contributed by atoms with Gasteiger partial charge in [-0.05, 0) is 48.6 Å². The van der Waals surface area contributed by atoms with Gasteiger partial charge in [-0.25, -0.2) is 4.39 Å². The maximum Gasteiger partial charge on any atom is 0.246 e. The van der Waals surface area contributed by atoms with Crippen LogP contribution in [0.3, 0.4) is 0 Å². The molecule has 8 atom stereocenters. The van der Waals surface area contributed by atoms with Gasteiger partial charge in [0, 0.05) is 23.8 Å². The molecule has 2 N–H and O–H groups in total. The number of ether oxygens (including phenoxy) is 2. The summed E-state index contributed by atoms with van der Waals surface area (Å²) in [5, 5.41) is 6.13. The molecule has 216 valence electrons. The molecular formula is C32H36FN3O5. The highest BCUT2D eigenvalue weighted by atomic mass is 19.1. The van der Waals surface area contributed by atoms with Crippen LogP contribution in [0.4, 0.5) is 10.1 Å². The van der Waals surface area contributed by atoms with E-state index in [9.17, 15) is 18.8 Å². The zero-order chi connectivity index (χ0) is 28.9. The van der Waals surface area contributed by atoms with Crippen LogP contribution in [-0.2, 0) is 25.7 Å². The van der Waals surface area contributed by atoms with E-state index in [0.29, 0.717) is 22.9 Å². The summed E-state index contributed by atoms with van der Waals surface area (Å²) >= 11 is 0. The Bertz CT molecular complexity index is 1380. The second-order valence-corrected chi connectivity index (χ2v) is 11.9. The monoisotopic (exact) mass is 561 g/mol. The molecule has 2 aromatic carbocycles. The summed E-state index contributed by atoms with van der Waals surface area (Å²) in [5.41, 5.74) is -0.463.